The van der Waals surface area contributed by atoms with E-state index in [1.165, 1.54) is 0 Å². The Labute approximate surface area is 322 Å². The van der Waals surface area contributed by atoms with Crippen LogP contribution in [0, 0.1) is 10.8 Å². The van der Waals surface area contributed by atoms with Crippen LogP contribution in [0.25, 0.3) is 0 Å². The van der Waals surface area contributed by atoms with Gasteiger partial charge in [-0.15, -0.1) is 0 Å². The van der Waals surface area contributed by atoms with Gasteiger partial charge in [0.2, 0.25) is 0 Å². The first-order valence-electron chi connectivity index (χ1n) is 22.8. The summed E-state index contributed by atoms with van der Waals surface area (Å²) in [4.78, 5) is 0. The van der Waals surface area contributed by atoms with E-state index in [9.17, 15) is 0 Å². The maximum Gasteiger partial charge on any atom is 0.0313 e. The normalized spacial score (nSPS) is 26.5. The largest absolute Gasteiger partial charge is 0.0696 e. The molecule has 0 aromatic carbocycles. The van der Waals surface area contributed by atoms with Gasteiger partial charge in [0.1, 0.15) is 0 Å². The quantitative estimate of drug-likeness (QED) is 0.160. The van der Waals surface area contributed by atoms with E-state index in [0.29, 0.717) is 24.0 Å². The third kappa shape index (κ3) is 16.2. The van der Waals surface area contributed by atoms with Crippen molar-refractivity contribution in [2.24, 2.45) is 10.8 Å². The smallest absolute Gasteiger partial charge is 0.0313 e. The van der Waals surface area contributed by atoms with Crippen molar-refractivity contribution in [2.45, 2.75) is 121 Å². The summed E-state index contributed by atoms with van der Waals surface area (Å²) in [5, 5.41) is 0. The first kappa shape index (κ1) is 28.8. The molecule has 0 saturated carbocycles. The second kappa shape index (κ2) is 21.3. The number of allylic oxidation sites excluding steroid dienone is 30. The molecule has 2 aliphatic carbocycles. The van der Waals surface area contributed by atoms with Crippen LogP contribution in [0.15, 0.2) is 177 Å². The Hall–Kier alpha value is -3.90. The van der Waals surface area contributed by atoms with Crippen LogP contribution >= 0.6 is 0 Å². The summed E-state index contributed by atoms with van der Waals surface area (Å²) in [5.41, 5.74) is 6.36. The van der Waals surface area contributed by atoms with E-state index in [1.54, 1.807) is 12.2 Å². The zero-order valence-corrected chi connectivity index (χ0v) is 32.4. The minimum absolute atomic E-state index is 0.0732. The van der Waals surface area contributed by atoms with Crippen LogP contribution in [0.5, 0.6) is 0 Å². The molecule has 0 bridgehead atoms. The van der Waals surface area contributed by atoms with Gasteiger partial charge in [0, 0.05) is 13.7 Å². The molecule has 0 N–H and O–H groups in total. The van der Waals surface area contributed by atoms with Gasteiger partial charge in [0.05, 0.1) is 0 Å². The lowest BCUT2D eigenvalue weighted by molar-refractivity contribution is 0.376. The van der Waals surface area contributed by atoms with Crippen molar-refractivity contribution >= 4 is 0 Å². The van der Waals surface area contributed by atoms with Crippen LogP contribution in [0.4, 0.5) is 0 Å². The molecule has 50 heavy (non-hydrogen) atoms. The van der Waals surface area contributed by atoms with Gasteiger partial charge in [0.15, 0.2) is 0 Å². The molecule has 2 aliphatic rings. The van der Waals surface area contributed by atoms with Crippen molar-refractivity contribution in [3.05, 3.63) is 177 Å². The van der Waals surface area contributed by atoms with E-state index in [0.717, 1.165) is 33.4 Å². The molecule has 0 aliphatic heterocycles. The lowest BCUT2D eigenvalue weighted by atomic mass is 9.72. The lowest BCUT2D eigenvalue weighted by Crippen LogP contribution is -2.19. The standard InChI is InChI=1S/C50H68/c1-39(23-15-25-41(3)27-17-29-43(5)33-35-47-45(7)31-19-37-49(47,9)10)21-13-14-22-40(2)24-16-26-42(4)28-18-30-44(6)34-36-48-46(8)32-20-38-50(48,11)12/h13-18,21-30,33-36H,19-20,31-32,37-38H2,1-12H3/b14-13+,23-15+,24-16+,27-17+,28-18+,35-33+,36-34+,39-21+,40-22+,41-25+,42-26+,43-29+,44-30+/i7D3,8D3,31D2,32D2. The fourth-order valence-electron chi connectivity index (χ4n) is 5.34. The molecule has 268 valence electrons. The van der Waals surface area contributed by atoms with Crippen molar-refractivity contribution in [1.82, 2.24) is 0 Å². The zero-order chi connectivity index (χ0) is 45.7. The van der Waals surface area contributed by atoms with Crippen LogP contribution < -0.4 is 0 Å². The summed E-state index contributed by atoms with van der Waals surface area (Å²) in [7, 11) is 0. The fourth-order valence-corrected chi connectivity index (χ4v) is 5.34. The molecule has 0 nitrogen and oxygen atoms in total. The highest BCUT2D eigenvalue weighted by Gasteiger charge is 2.27. The van der Waals surface area contributed by atoms with Crippen LogP contribution in [-0.4, -0.2) is 0 Å². The first-order chi connectivity index (χ1) is 27.5. The first-order valence-corrected chi connectivity index (χ1v) is 17.8. The van der Waals surface area contributed by atoms with E-state index >= 15 is 0 Å². The highest BCUT2D eigenvalue weighted by molar-refractivity contribution is 5.39. The summed E-state index contributed by atoms with van der Waals surface area (Å²) in [6, 6.07) is 0. The highest BCUT2D eigenvalue weighted by Crippen LogP contribution is 2.41. The molecule has 0 aromatic rings. The molecule has 0 amide bonds. The monoisotopic (exact) mass is 679 g/mol. The van der Waals surface area contributed by atoms with Gasteiger partial charge in [-0.2, -0.15) is 0 Å². The topological polar surface area (TPSA) is 0 Å². The third-order valence-electron chi connectivity index (χ3n) is 8.83. The molecule has 0 saturated heterocycles. The zero-order valence-electron chi connectivity index (χ0n) is 42.4. The lowest BCUT2D eigenvalue weighted by Gasteiger charge is -2.33. The molecule has 0 heteroatoms. The van der Waals surface area contributed by atoms with E-state index in [1.807, 2.05) is 179 Å². The molecule has 0 radical (unpaired) electrons. The molecular formula is C50H68. The summed E-state index contributed by atoms with van der Waals surface area (Å²) in [6.45, 7) is 15.0. The maximum absolute atomic E-state index is 8.38. The minimum Gasteiger partial charge on any atom is -0.0696 e. The van der Waals surface area contributed by atoms with Crippen molar-refractivity contribution in [1.29, 1.82) is 0 Å². The van der Waals surface area contributed by atoms with E-state index in [4.69, 9.17) is 13.7 Å². The van der Waals surface area contributed by atoms with E-state index in [-0.39, 0.29) is 24.0 Å². The minimum atomic E-state index is -2.49. The highest BCUT2D eigenvalue weighted by atomic mass is 14.3. The summed E-state index contributed by atoms with van der Waals surface area (Å²) in [5.74, 6) is 0. The Morgan fingerprint density at radius 1 is 0.460 bits per heavy atom. The predicted molar refractivity (Wildman–Crippen MR) is 227 cm³/mol. The number of hydrogen-bond donors (Lipinski definition) is 0. The number of hydrogen-bond acceptors (Lipinski definition) is 0. The van der Waals surface area contributed by atoms with Crippen LogP contribution in [-0.2, 0) is 0 Å². The van der Waals surface area contributed by atoms with Gasteiger partial charge in [-0.05, 0) is 116 Å². The maximum atomic E-state index is 8.38. The summed E-state index contributed by atoms with van der Waals surface area (Å²) < 4.78 is 81.5. The fraction of sp³-hybridized carbons (Fsp3) is 0.400. The molecule has 0 fully saturated rings. The SMILES string of the molecule is [2H]C([2H])([2H])C1=C(/C=C/C(C)=C/C=C/C(C)=C/C=C/C(C)=C/C=C/C=C(C)/C=C/C=C(C)/C=C/C=C(C)/C=C/C2=C(C([2H])([2H])[2H])C([2H])([2H])CCC2(C)C)C(C)(C)CCC1([2H])[2H]. The van der Waals surface area contributed by atoms with Crippen LogP contribution in [0.3, 0.4) is 0 Å². The Morgan fingerprint density at radius 3 is 1.04 bits per heavy atom. The van der Waals surface area contributed by atoms with Gasteiger partial charge in [0.25, 0.3) is 0 Å². The third-order valence-corrected chi connectivity index (χ3v) is 8.83. The van der Waals surface area contributed by atoms with Crippen molar-refractivity contribution in [3.63, 3.8) is 0 Å². The van der Waals surface area contributed by atoms with Gasteiger partial charge in [-0.25, -0.2) is 0 Å². The molecule has 0 atom stereocenters. The van der Waals surface area contributed by atoms with Crippen molar-refractivity contribution in [3.8, 4) is 0 Å². The average Bonchev–Trinajstić information content (AvgIpc) is 3.09. The second-order valence-corrected chi connectivity index (χ2v) is 14.7. The molecular weight excluding hydrogens is 601 g/mol. The van der Waals surface area contributed by atoms with Gasteiger partial charge < -0.3 is 0 Å². The summed E-state index contributed by atoms with van der Waals surface area (Å²) in [6.07, 6.45) is 37.3. The summed E-state index contributed by atoms with van der Waals surface area (Å²) >= 11 is 0. The molecule has 0 spiro atoms. The second-order valence-electron chi connectivity index (χ2n) is 14.7. The Morgan fingerprint density at radius 2 is 0.740 bits per heavy atom. The van der Waals surface area contributed by atoms with Crippen LogP contribution in [0.2, 0.25) is 0 Å². The Bertz CT molecular complexity index is 1860. The van der Waals surface area contributed by atoms with Crippen molar-refractivity contribution in [2.75, 3.05) is 0 Å². The average molecular weight is 679 g/mol. The molecule has 0 aromatic heterocycles. The number of rotatable bonds is 14. The van der Waals surface area contributed by atoms with Crippen LogP contribution in [0.1, 0.15) is 135 Å². The van der Waals surface area contributed by atoms with Gasteiger partial charge in [-0.3, -0.25) is 0 Å². The van der Waals surface area contributed by atoms with Gasteiger partial charge in [-0.1, -0.05) is 194 Å². The van der Waals surface area contributed by atoms with Crippen molar-refractivity contribution < 1.29 is 13.7 Å². The molecule has 0 heterocycles. The Balaban J connectivity index is 1.97. The predicted octanol–water partition coefficient (Wildman–Crippen LogP) is 15.6. The van der Waals surface area contributed by atoms with E-state index < -0.39 is 37.3 Å². The molecule has 0 unspecified atom stereocenters. The van der Waals surface area contributed by atoms with E-state index in [2.05, 4.69) is 0 Å². The molecule has 2 rings (SSSR count). The van der Waals surface area contributed by atoms with Gasteiger partial charge >= 0.3 is 0 Å². The Kier molecular flexibility index (Phi) is 12.3.